The van der Waals surface area contributed by atoms with Gasteiger partial charge in [-0.05, 0) is 29.8 Å². The first kappa shape index (κ1) is 16.6. The Balaban J connectivity index is 1.95. The molecule has 0 saturated heterocycles. The highest BCUT2D eigenvalue weighted by Gasteiger charge is 2.27. The zero-order valence-corrected chi connectivity index (χ0v) is 13.9. The Morgan fingerprint density at radius 2 is 1.88 bits per heavy atom. The fraction of sp³-hybridized carbons (Fsp3) is 0.111. The Kier molecular flexibility index (Phi) is 4.60. The number of nitrogens with one attached hydrogen (secondary N) is 1. The minimum Gasteiger partial charge on any atom is -0.481 e. The highest BCUT2D eigenvalue weighted by atomic mass is 35.5. The van der Waals surface area contributed by atoms with Gasteiger partial charge in [-0.2, -0.15) is 0 Å². The Hall–Kier alpha value is -2.30. The molecule has 0 radical (unpaired) electrons. The zero-order valence-electron chi connectivity index (χ0n) is 12.4. The molecule has 3 aromatic rings. The van der Waals surface area contributed by atoms with Crippen molar-refractivity contribution in [3.8, 4) is 0 Å². The number of aromatic amines is 1. The van der Waals surface area contributed by atoms with Gasteiger partial charge < -0.3 is 10.1 Å². The number of fused-ring (bicyclic) bond motifs is 1. The molecule has 1 atom stereocenters. The number of carboxylic acid groups (broad SMARTS) is 1. The molecule has 1 aromatic heterocycles. The van der Waals surface area contributed by atoms with Crippen molar-refractivity contribution in [3.63, 3.8) is 0 Å². The van der Waals surface area contributed by atoms with E-state index in [1.807, 2.05) is 24.3 Å². The molecule has 0 fully saturated rings. The third kappa shape index (κ3) is 3.16. The maximum atomic E-state index is 12.5. The smallest absolute Gasteiger partial charge is 0.311 e. The molecule has 0 aliphatic carbocycles. The second-order valence-corrected chi connectivity index (χ2v) is 6.28. The number of carbonyl (C=O) groups is 2. The summed E-state index contributed by atoms with van der Waals surface area (Å²) in [6, 6.07) is 11.9. The lowest BCUT2D eigenvalue weighted by atomic mass is 9.91. The number of carbonyl (C=O) groups excluding carboxylic acids is 1. The highest BCUT2D eigenvalue weighted by molar-refractivity contribution is 6.36. The van der Waals surface area contributed by atoms with Crippen molar-refractivity contribution in [2.45, 2.75) is 12.3 Å². The van der Waals surface area contributed by atoms with Crippen LogP contribution in [-0.4, -0.2) is 21.8 Å². The SMILES string of the molecule is O=C(CC(C(=O)O)c1c[nH]c2ccccc12)c1ccc(Cl)cc1Cl. The van der Waals surface area contributed by atoms with Gasteiger partial charge in [0.25, 0.3) is 0 Å². The molecule has 1 unspecified atom stereocenters. The number of ketones is 1. The third-order valence-electron chi connectivity index (χ3n) is 3.92. The summed E-state index contributed by atoms with van der Waals surface area (Å²) >= 11 is 11.9. The lowest BCUT2D eigenvalue weighted by molar-refractivity contribution is -0.138. The average Bonchev–Trinajstić information content (AvgIpc) is 2.96. The van der Waals surface area contributed by atoms with Gasteiger partial charge >= 0.3 is 5.97 Å². The second-order valence-electron chi connectivity index (χ2n) is 5.43. The van der Waals surface area contributed by atoms with Crippen LogP contribution in [0.3, 0.4) is 0 Å². The predicted octanol–water partition coefficient (Wildman–Crippen LogP) is 4.92. The normalized spacial score (nSPS) is 12.2. The largest absolute Gasteiger partial charge is 0.481 e. The summed E-state index contributed by atoms with van der Waals surface area (Å²) in [5.41, 5.74) is 1.68. The summed E-state index contributed by atoms with van der Waals surface area (Å²) in [5, 5.41) is 11.0. The topological polar surface area (TPSA) is 70.2 Å². The van der Waals surface area contributed by atoms with Crippen molar-refractivity contribution in [3.05, 3.63) is 69.8 Å². The van der Waals surface area contributed by atoms with E-state index >= 15 is 0 Å². The number of benzene rings is 2. The van der Waals surface area contributed by atoms with Crippen molar-refractivity contribution < 1.29 is 14.7 Å². The van der Waals surface area contributed by atoms with E-state index in [-0.39, 0.29) is 22.8 Å². The van der Waals surface area contributed by atoms with Crippen LogP contribution in [0, 0.1) is 0 Å². The van der Waals surface area contributed by atoms with Gasteiger partial charge in [-0.1, -0.05) is 41.4 Å². The fourth-order valence-electron chi connectivity index (χ4n) is 2.72. The van der Waals surface area contributed by atoms with Crippen LogP contribution < -0.4 is 0 Å². The number of Topliss-reactive ketones (excluding diaryl/α,β-unsaturated/α-hetero) is 1. The standard InChI is InChI=1S/C18H13Cl2NO3/c19-10-5-6-12(15(20)7-10)17(22)8-13(18(23)24)14-9-21-16-4-2-1-3-11(14)16/h1-7,9,13,21H,8H2,(H,23,24). The summed E-state index contributed by atoms with van der Waals surface area (Å²) in [7, 11) is 0. The first-order chi connectivity index (χ1) is 11.5. The Morgan fingerprint density at radius 3 is 2.58 bits per heavy atom. The van der Waals surface area contributed by atoms with Crippen molar-refractivity contribution in [1.82, 2.24) is 4.98 Å². The minimum atomic E-state index is -1.06. The molecule has 6 heteroatoms. The van der Waals surface area contributed by atoms with Crippen LogP contribution in [0.1, 0.15) is 28.3 Å². The van der Waals surface area contributed by atoms with Crippen molar-refractivity contribution in [1.29, 1.82) is 0 Å². The number of carboxylic acids is 1. The van der Waals surface area contributed by atoms with Gasteiger partial charge in [0.15, 0.2) is 5.78 Å². The van der Waals surface area contributed by atoms with Gasteiger partial charge in [0.1, 0.15) is 0 Å². The van der Waals surface area contributed by atoms with E-state index in [1.165, 1.54) is 12.1 Å². The van der Waals surface area contributed by atoms with E-state index in [9.17, 15) is 14.7 Å². The highest BCUT2D eigenvalue weighted by Crippen LogP contribution is 2.31. The molecule has 0 aliphatic rings. The molecular weight excluding hydrogens is 349 g/mol. The molecule has 122 valence electrons. The van der Waals surface area contributed by atoms with Gasteiger partial charge in [-0.25, -0.2) is 0 Å². The Bertz CT molecular complexity index is 933. The van der Waals surface area contributed by atoms with Crippen molar-refractivity contribution >= 4 is 45.9 Å². The van der Waals surface area contributed by atoms with Gasteiger partial charge in [0.05, 0.1) is 10.9 Å². The monoisotopic (exact) mass is 361 g/mol. The number of aliphatic carboxylic acids is 1. The van der Waals surface area contributed by atoms with Crippen molar-refractivity contribution in [2.75, 3.05) is 0 Å². The van der Waals surface area contributed by atoms with E-state index in [0.717, 1.165) is 10.9 Å². The molecule has 24 heavy (non-hydrogen) atoms. The Morgan fingerprint density at radius 1 is 1.12 bits per heavy atom. The number of hydrogen-bond donors (Lipinski definition) is 2. The Labute approximate surface area is 148 Å². The lowest BCUT2D eigenvalue weighted by Gasteiger charge is -2.12. The number of aromatic nitrogens is 1. The van der Waals surface area contributed by atoms with Crippen molar-refractivity contribution in [2.24, 2.45) is 0 Å². The summed E-state index contributed by atoms with van der Waals surface area (Å²) in [6.07, 6.45) is 1.46. The van der Waals surface area contributed by atoms with Crippen LogP contribution >= 0.6 is 23.2 Å². The molecule has 0 saturated carbocycles. The number of halogens is 2. The van der Waals surface area contributed by atoms with E-state index in [1.54, 1.807) is 12.3 Å². The van der Waals surface area contributed by atoms with Crippen LogP contribution in [0.5, 0.6) is 0 Å². The zero-order chi connectivity index (χ0) is 17.3. The second kappa shape index (κ2) is 6.67. The number of para-hydroxylation sites is 1. The predicted molar refractivity (Wildman–Crippen MR) is 94.1 cm³/mol. The van der Waals surface area contributed by atoms with Crippen LogP contribution in [0.25, 0.3) is 10.9 Å². The summed E-state index contributed by atoms with van der Waals surface area (Å²) < 4.78 is 0. The first-order valence-corrected chi connectivity index (χ1v) is 8.00. The quantitative estimate of drug-likeness (QED) is 0.633. The number of rotatable bonds is 5. The maximum absolute atomic E-state index is 12.5. The van der Waals surface area contributed by atoms with Crippen LogP contribution in [-0.2, 0) is 4.79 Å². The number of H-pyrrole nitrogens is 1. The molecule has 3 rings (SSSR count). The molecule has 0 amide bonds. The molecule has 1 heterocycles. The van der Waals surface area contributed by atoms with Gasteiger partial charge in [0.2, 0.25) is 0 Å². The molecular formula is C18H13Cl2NO3. The summed E-state index contributed by atoms with van der Waals surface area (Å²) in [4.78, 5) is 27.3. The van der Waals surface area contributed by atoms with E-state index in [2.05, 4.69) is 4.98 Å². The van der Waals surface area contributed by atoms with Crippen LogP contribution in [0.4, 0.5) is 0 Å². The summed E-state index contributed by atoms with van der Waals surface area (Å²) in [6.45, 7) is 0. The third-order valence-corrected chi connectivity index (χ3v) is 4.46. The van der Waals surface area contributed by atoms with E-state index in [0.29, 0.717) is 10.6 Å². The summed E-state index contributed by atoms with van der Waals surface area (Å²) in [5.74, 6) is -2.35. The minimum absolute atomic E-state index is 0.182. The molecule has 2 N–H and O–H groups in total. The van der Waals surface area contributed by atoms with E-state index in [4.69, 9.17) is 23.2 Å². The molecule has 0 bridgehead atoms. The fourth-order valence-corrected chi connectivity index (χ4v) is 3.24. The van der Waals surface area contributed by atoms with E-state index < -0.39 is 11.9 Å². The van der Waals surface area contributed by atoms with Crippen LogP contribution in [0.2, 0.25) is 10.0 Å². The first-order valence-electron chi connectivity index (χ1n) is 7.24. The van der Waals surface area contributed by atoms with Gasteiger partial charge in [0, 0.05) is 34.1 Å². The number of hydrogen-bond acceptors (Lipinski definition) is 2. The molecule has 0 aliphatic heterocycles. The lowest BCUT2D eigenvalue weighted by Crippen LogP contribution is -2.16. The molecule has 0 spiro atoms. The average molecular weight is 362 g/mol. The van der Waals surface area contributed by atoms with Gasteiger partial charge in [-0.3, -0.25) is 9.59 Å². The molecule has 2 aromatic carbocycles. The van der Waals surface area contributed by atoms with Crippen LogP contribution in [0.15, 0.2) is 48.7 Å². The molecule has 4 nitrogen and oxygen atoms in total. The van der Waals surface area contributed by atoms with Gasteiger partial charge in [-0.15, -0.1) is 0 Å². The maximum Gasteiger partial charge on any atom is 0.311 e.